The molecule has 0 saturated carbocycles. The lowest BCUT2D eigenvalue weighted by atomic mass is 10.1. The summed E-state index contributed by atoms with van der Waals surface area (Å²) in [6, 6.07) is 13.1. The highest BCUT2D eigenvalue weighted by Gasteiger charge is 2.11. The minimum Gasteiger partial charge on any atom is -0.387 e. The Labute approximate surface area is 105 Å². The molecule has 0 aromatic heterocycles. The zero-order chi connectivity index (χ0) is 13.0. The SMILES string of the molecule is CNc1ccccc1C(=O)Nc1ccccc1F. The topological polar surface area (TPSA) is 41.1 Å². The van der Waals surface area contributed by atoms with Crippen molar-refractivity contribution in [2.45, 2.75) is 0 Å². The predicted octanol–water partition coefficient (Wildman–Crippen LogP) is 3.12. The van der Waals surface area contributed by atoms with Gasteiger partial charge in [0.1, 0.15) is 5.82 Å². The third-order valence-corrected chi connectivity index (χ3v) is 2.56. The fourth-order valence-corrected chi connectivity index (χ4v) is 1.65. The Balaban J connectivity index is 2.25. The summed E-state index contributed by atoms with van der Waals surface area (Å²) in [4.78, 5) is 12.0. The van der Waals surface area contributed by atoms with Crippen LogP contribution in [0.25, 0.3) is 0 Å². The van der Waals surface area contributed by atoms with E-state index in [2.05, 4.69) is 10.6 Å². The molecular formula is C14H13FN2O. The quantitative estimate of drug-likeness (QED) is 0.871. The van der Waals surface area contributed by atoms with Crippen LogP contribution in [0.1, 0.15) is 10.4 Å². The molecule has 0 radical (unpaired) electrons. The van der Waals surface area contributed by atoms with Gasteiger partial charge in [-0.2, -0.15) is 0 Å². The zero-order valence-electron chi connectivity index (χ0n) is 9.91. The average molecular weight is 244 g/mol. The van der Waals surface area contributed by atoms with Crippen molar-refractivity contribution in [3.05, 3.63) is 59.9 Å². The number of carbonyl (C=O) groups is 1. The second kappa shape index (κ2) is 5.31. The van der Waals surface area contributed by atoms with Crippen LogP contribution in [0.3, 0.4) is 0 Å². The molecule has 0 saturated heterocycles. The maximum Gasteiger partial charge on any atom is 0.257 e. The van der Waals surface area contributed by atoms with E-state index in [9.17, 15) is 9.18 Å². The molecular weight excluding hydrogens is 231 g/mol. The van der Waals surface area contributed by atoms with Crippen LogP contribution >= 0.6 is 0 Å². The molecule has 2 rings (SSSR count). The molecule has 4 heteroatoms. The van der Waals surface area contributed by atoms with E-state index in [-0.39, 0.29) is 11.6 Å². The third kappa shape index (κ3) is 2.48. The first-order valence-electron chi connectivity index (χ1n) is 5.55. The van der Waals surface area contributed by atoms with E-state index in [0.29, 0.717) is 11.3 Å². The van der Waals surface area contributed by atoms with Crippen molar-refractivity contribution in [2.24, 2.45) is 0 Å². The van der Waals surface area contributed by atoms with E-state index in [4.69, 9.17) is 0 Å². The Hall–Kier alpha value is -2.36. The van der Waals surface area contributed by atoms with Gasteiger partial charge in [-0.15, -0.1) is 0 Å². The molecule has 2 aromatic carbocycles. The smallest absolute Gasteiger partial charge is 0.257 e. The first-order valence-corrected chi connectivity index (χ1v) is 5.55. The van der Waals surface area contributed by atoms with Gasteiger partial charge in [-0.3, -0.25) is 4.79 Å². The Kier molecular flexibility index (Phi) is 3.57. The van der Waals surface area contributed by atoms with Crippen LogP contribution in [0.15, 0.2) is 48.5 Å². The molecule has 0 atom stereocenters. The number of hydrogen-bond acceptors (Lipinski definition) is 2. The summed E-state index contributed by atoms with van der Waals surface area (Å²) >= 11 is 0. The van der Waals surface area contributed by atoms with Gasteiger partial charge < -0.3 is 10.6 Å². The van der Waals surface area contributed by atoms with Crippen LogP contribution < -0.4 is 10.6 Å². The summed E-state index contributed by atoms with van der Waals surface area (Å²) in [5, 5.41) is 5.47. The minimum atomic E-state index is -0.451. The van der Waals surface area contributed by atoms with Gasteiger partial charge in [0.15, 0.2) is 0 Å². The lowest BCUT2D eigenvalue weighted by Crippen LogP contribution is -2.14. The summed E-state index contributed by atoms with van der Waals surface area (Å²) in [7, 11) is 1.73. The van der Waals surface area contributed by atoms with Gasteiger partial charge in [0.2, 0.25) is 0 Å². The molecule has 0 aliphatic rings. The Morgan fingerprint density at radius 2 is 1.61 bits per heavy atom. The fraction of sp³-hybridized carbons (Fsp3) is 0.0714. The number of benzene rings is 2. The van der Waals surface area contributed by atoms with Crippen molar-refractivity contribution >= 4 is 17.3 Å². The zero-order valence-corrected chi connectivity index (χ0v) is 9.91. The molecule has 0 heterocycles. The molecule has 0 aliphatic heterocycles. The lowest BCUT2D eigenvalue weighted by Gasteiger charge is -2.10. The van der Waals surface area contributed by atoms with Gasteiger partial charge in [-0.1, -0.05) is 24.3 Å². The monoisotopic (exact) mass is 244 g/mol. The summed E-state index contributed by atoms with van der Waals surface area (Å²) in [5.41, 5.74) is 1.35. The highest BCUT2D eigenvalue weighted by molar-refractivity contribution is 6.08. The Morgan fingerprint density at radius 3 is 2.28 bits per heavy atom. The van der Waals surface area contributed by atoms with Crippen molar-refractivity contribution in [1.29, 1.82) is 0 Å². The third-order valence-electron chi connectivity index (χ3n) is 2.56. The van der Waals surface area contributed by atoms with E-state index >= 15 is 0 Å². The number of nitrogens with one attached hydrogen (secondary N) is 2. The van der Waals surface area contributed by atoms with Gasteiger partial charge in [0.25, 0.3) is 5.91 Å². The second-order valence-corrected chi connectivity index (χ2v) is 3.73. The molecule has 0 spiro atoms. The van der Waals surface area contributed by atoms with Crippen LogP contribution in [-0.2, 0) is 0 Å². The van der Waals surface area contributed by atoms with E-state index in [1.165, 1.54) is 12.1 Å². The van der Waals surface area contributed by atoms with Crippen molar-refractivity contribution in [3.8, 4) is 0 Å². The number of anilines is 2. The molecule has 0 aliphatic carbocycles. The Morgan fingerprint density at radius 1 is 1.00 bits per heavy atom. The van der Waals surface area contributed by atoms with Gasteiger partial charge in [0.05, 0.1) is 11.3 Å². The fourth-order valence-electron chi connectivity index (χ4n) is 1.65. The molecule has 0 bridgehead atoms. The molecule has 92 valence electrons. The molecule has 0 fully saturated rings. The molecule has 3 nitrogen and oxygen atoms in total. The average Bonchev–Trinajstić information content (AvgIpc) is 2.41. The largest absolute Gasteiger partial charge is 0.387 e. The van der Waals surface area contributed by atoms with Gasteiger partial charge in [-0.25, -0.2) is 4.39 Å². The van der Waals surface area contributed by atoms with Crippen LogP contribution in [0, 0.1) is 5.82 Å². The maximum atomic E-state index is 13.4. The van der Waals surface area contributed by atoms with E-state index in [1.54, 1.807) is 37.4 Å². The highest BCUT2D eigenvalue weighted by Crippen LogP contribution is 2.18. The standard InChI is InChI=1S/C14H13FN2O/c1-16-12-8-4-2-6-10(12)14(18)17-13-9-5-3-7-11(13)15/h2-9,16H,1H3,(H,17,18). The van der Waals surface area contributed by atoms with E-state index < -0.39 is 5.82 Å². The number of amides is 1. The first kappa shape index (κ1) is 12.1. The summed E-state index contributed by atoms with van der Waals surface area (Å²) in [5.74, 6) is -0.794. The van der Waals surface area contributed by atoms with Crippen molar-refractivity contribution in [3.63, 3.8) is 0 Å². The van der Waals surface area contributed by atoms with Crippen molar-refractivity contribution in [1.82, 2.24) is 0 Å². The molecule has 0 unspecified atom stereocenters. The number of rotatable bonds is 3. The summed E-state index contributed by atoms with van der Waals surface area (Å²) < 4.78 is 13.4. The van der Waals surface area contributed by atoms with E-state index in [0.717, 1.165) is 0 Å². The van der Waals surface area contributed by atoms with Gasteiger partial charge in [0, 0.05) is 12.7 Å². The van der Waals surface area contributed by atoms with Crippen LogP contribution in [0.2, 0.25) is 0 Å². The molecule has 1 amide bonds. The highest BCUT2D eigenvalue weighted by atomic mass is 19.1. The maximum absolute atomic E-state index is 13.4. The molecule has 2 N–H and O–H groups in total. The number of para-hydroxylation sites is 2. The van der Waals surface area contributed by atoms with Gasteiger partial charge >= 0.3 is 0 Å². The number of carbonyl (C=O) groups excluding carboxylic acids is 1. The van der Waals surface area contributed by atoms with Crippen molar-refractivity contribution in [2.75, 3.05) is 17.7 Å². The molecule has 18 heavy (non-hydrogen) atoms. The first-order chi connectivity index (χ1) is 8.72. The second-order valence-electron chi connectivity index (χ2n) is 3.73. The van der Waals surface area contributed by atoms with Crippen molar-refractivity contribution < 1.29 is 9.18 Å². The van der Waals surface area contributed by atoms with Crippen LogP contribution in [0.4, 0.5) is 15.8 Å². The predicted molar refractivity (Wildman–Crippen MR) is 70.3 cm³/mol. The number of halogens is 1. The summed E-state index contributed by atoms with van der Waals surface area (Å²) in [6.45, 7) is 0. The normalized spacial score (nSPS) is 9.89. The molecule has 2 aromatic rings. The lowest BCUT2D eigenvalue weighted by molar-refractivity contribution is 0.102. The Bertz CT molecular complexity index is 569. The summed E-state index contributed by atoms with van der Waals surface area (Å²) in [6.07, 6.45) is 0. The van der Waals surface area contributed by atoms with Crippen LogP contribution in [0.5, 0.6) is 0 Å². The van der Waals surface area contributed by atoms with Gasteiger partial charge in [-0.05, 0) is 24.3 Å². The van der Waals surface area contributed by atoms with Crippen LogP contribution in [-0.4, -0.2) is 13.0 Å². The minimum absolute atomic E-state index is 0.174. The number of hydrogen-bond donors (Lipinski definition) is 2. The van der Waals surface area contributed by atoms with E-state index in [1.807, 2.05) is 6.07 Å².